The molecule has 0 spiro atoms. The number of likely N-dealkylation sites (tertiary alicyclic amines) is 1. The number of hydrogen-bond acceptors (Lipinski definition) is 2. The van der Waals surface area contributed by atoms with E-state index in [4.69, 9.17) is 5.73 Å². The predicted octanol–water partition coefficient (Wildman–Crippen LogP) is 2.64. The third kappa shape index (κ3) is 4.97. The van der Waals surface area contributed by atoms with Gasteiger partial charge in [-0.15, -0.1) is 0 Å². The number of nitrogens with two attached hydrogens (primary N) is 1. The highest BCUT2D eigenvalue weighted by atomic mass is 16.2. The first-order chi connectivity index (χ1) is 8.19. The Morgan fingerprint density at radius 1 is 1.39 bits per heavy atom. The van der Waals surface area contributed by atoms with Gasteiger partial charge < -0.3 is 10.6 Å². The van der Waals surface area contributed by atoms with Crippen molar-refractivity contribution in [3.05, 3.63) is 0 Å². The van der Waals surface area contributed by atoms with Gasteiger partial charge in [-0.1, -0.05) is 27.7 Å². The molecule has 1 aliphatic heterocycles. The van der Waals surface area contributed by atoms with Gasteiger partial charge in [0, 0.05) is 25.6 Å². The maximum absolute atomic E-state index is 12.2. The van der Waals surface area contributed by atoms with Crippen molar-refractivity contribution in [1.82, 2.24) is 4.90 Å². The lowest BCUT2D eigenvalue weighted by atomic mass is 9.84. The molecule has 3 nitrogen and oxygen atoms in total. The van der Waals surface area contributed by atoms with Crippen LogP contribution in [0.3, 0.4) is 0 Å². The minimum absolute atomic E-state index is 0.204. The molecule has 1 fully saturated rings. The third-order valence-electron chi connectivity index (χ3n) is 3.80. The lowest BCUT2D eigenvalue weighted by Crippen LogP contribution is -2.33. The molecule has 1 amide bonds. The molecule has 0 aromatic rings. The summed E-state index contributed by atoms with van der Waals surface area (Å²) in [6, 6.07) is 0.204. The molecule has 0 aromatic heterocycles. The lowest BCUT2D eigenvalue weighted by Gasteiger charge is -2.25. The van der Waals surface area contributed by atoms with Gasteiger partial charge in [0.1, 0.15) is 0 Å². The molecular weight excluding hydrogens is 224 g/mol. The van der Waals surface area contributed by atoms with Crippen LogP contribution in [0.4, 0.5) is 0 Å². The van der Waals surface area contributed by atoms with Gasteiger partial charge in [0.05, 0.1) is 0 Å². The zero-order valence-electron chi connectivity index (χ0n) is 12.7. The SMILES string of the molecule is CC(CC(=O)N1CCC(C(C)N)C1)CC(C)(C)C. The van der Waals surface area contributed by atoms with Crippen molar-refractivity contribution in [3.8, 4) is 0 Å². The first kappa shape index (κ1) is 15.5. The summed E-state index contributed by atoms with van der Waals surface area (Å²) < 4.78 is 0. The van der Waals surface area contributed by atoms with Crippen molar-refractivity contribution in [2.75, 3.05) is 13.1 Å². The minimum atomic E-state index is 0.204. The molecule has 3 unspecified atom stereocenters. The second-order valence-electron chi connectivity index (χ2n) is 7.32. The molecule has 106 valence electrons. The monoisotopic (exact) mass is 254 g/mol. The summed E-state index contributed by atoms with van der Waals surface area (Å²) in [5.74, 6) is 1.27. The van der Waals surface area contributed by atoms with Crippen LogP contribution in [0.5, 0.6) is 0 Å². The fraction of sp³-hybridized carbons (Fsp3) is 0.933. The van der Waals surface area contributed by atoms with Gasteiger partial charge in [0.25, 0.3) is 0 Å². The largest absolute Gasteiger partial charge is 0.342 e. The topological polar surface area (TPSA) is 46.3 Å². The molecule has 0 aliphatic carbocycles. The Morgan fingerprint density at radius 3 is 2.44 bits per heavy atom. The van der Waals surface area contributed by atoms with Crippen LogP contribution in [0, 0.1) is 17.3 Å². The summed E-state index contributed by atoms with van der Waals surface area (Å²) in [6.07, 6.45) is 2.85. The van der Waals surface area contributed by atoms with Gasteiger partial charge >= 0.3 is 0 Å². The molecule has 1 saturated heterocycles. The maximum atomic E-state index is 12.2. The fourth-order valence-corrected chi connectivity index (χ4v) is 2.99. The Kier molecular flexibility index (Phi) is 5.20. The summed E-state index contributed by atoms with van der Waals surface area (Å²) >= 11 is 0. The van der Waals surface area contributed by atoms with Crippen LogP contribution < -0.4 is 5.73 Å². The Balaban J connectivity index is 2.38. The van der Waals surface area contributed by atoms with E-state index < -0.39 is 0 Å². The standard InChI is InChI=1S/C15H30N2O/c1-11(9-15(3,4)5)8-14(18)17-7-6-13(10-17)12(2)16/h11-13H,6-10,16H2,1-5H3. The molecule has 0 saturated carbocycles. The Morgan fingerprint density at radius 2 is 2.00 bits per heavy atom. The van der Waals surface area contributed by atoms with E-state index in [0.29, 0.717) is 29.6 Å². The molecule has 1 aliphatic rings. The van der Waals surface area contributed by atoms with Crippen LogP contribution >= 0.6 is 0 Å². The average molecular weight is 254 g/mol. The van der Waals surface area contributed by atoms with Crippen molar-refractivity contribution in [2.24, 2.45) is 23.0 Å². The number of carbonyl (C=O) groups is 1. The molecule has 0 aromatic carbocycles. The third-order valence-corrected chi connectivity index (χ3v) is 3.80. The summed E-state index contributed by atoms with van der Waals surface area (Å²) in [7, 11) is 0. The van der Waals surface area contributed by atoms with Crippen molar-refractivity contribution in [1.29, 1.82) is 0 Å². The zero-order valence-corrected chi connectivity index (χ0v) is 12.7. The zero-order chi connectivity index (χ0) is 13.9. The fourth-order valence-electron chi connectivity index (χ4n) is 2.99. The van der Waals surface area contributed by atoms with Crippen LogP contribution in [0.25, 0.3) is 0 Å². The van der Waals surface area contributed by atoms with Gasteiger partial charge in [-0.05, 0) is 37.0 Å². The Labute approximate surface area is 112 Å². The van der Waals surface area contributed by atoms with Gasteiger partial charge in [0.2, 0.25) is 5.91 Å². The molecule has 3 heteroatoms. The maximum Gasteiger partial charge on any atom is 0.222 e. The van der Waals surface area contributed by atoms with Gasteiger partial charge in [-0.3, -0.25) is 4.79 Å². The van der Waals surface area contributed by atoms with Crippen LogP contribution in [0.2, 0.25) is 0 Å². The summed E-state index contributed by atoms with van der Waals surface area (Å²) in [6.45, 7) is 12.7. The van der Waals surface area contributed by atoms with Crippen LogP contribution in [0.1, 0.15) is 53.9 Å². The second kappa shape index (κ2) is 6.05. The van der Waals surface area contributed by atoms with Crippen LogP contribution in [-0.2, 0) is 4.79 Å². The molecule has 0 radical (unpaired) electrons. The highest BCUT2D eigenvalue weighted by Gasteiger charge is 2.29. The summed E-state index contributed by atoms with van der Waals surface area (Å²) in [4.78, 5) is 14.2. The molecule has 3 atom stereocenters. The summed E-state index contributed by atoms with van der Waals surface area (Å²) in [5.41, 5.74) is 6.21. The molecule has 18 heavy (non-hydrogen) atoms. The van der Waals surface area contributed by atoms with Crippen molar-refractivity contribution in [3.63, 3.8) is 0 Å². The molecule has 1 heterocycles. The average Bonchev–Trinajstić information content (AvgIpc) is 2.62. The van der Waals surface area contributed by atoms with E-state index in [1.165, 1.54) is 0 Å². The Bertz CT molecular complexity index is 281. The molecule has 1 rings (SSSR count). The van der Waals surface area contributed by atoms with Crippen LogP contribution in [-0.4, -0.2) is 29.9 Å². The molecule has 0 bridgehead atoms. The predicted molar refractivity (Wildman–Crippen MR) is 76.2 cm³/mol. The number of hydrogen-bond donors (Lipinski definition) is 1. The first-order valence-corrected chi connectivity index (χ1v) is 7.22. The molecular formula is C15H30N2O. The number of amides is 1. The van der Waals surface area contributed by atoms with E-state index in [0.717, 1.165) is 25.9 Å². The van der Waals surface area contributed by atoms with Gasteiger partial charge in [0.15, 0.2) is 0 Å². The number of nitrogens with zero attached hydrogens (tertiary/aromatic N) is 1. The minimum Gasteiger partial charge on any atom is -0.342 e. The van der Waals surface area contributed by atoms with E-state index in [1.54, 1.807) is 0 Å². The van der Waals surface area contributed by atoms with Crippen molar-refractivity contribution in [2.45, 2.75) is 59.9 Å². The number of rotatable bonds is 4. The van der Waals surface area contributed by atoms with Gasteiger partial charge in [-0.2, -0.15) is 0 Å². The second-order valence-corrected chi connectivity index (χ2v) is 7.32. The van der Waals surface area contributed by atoms with E-state index >= 15 is 0 Å². The quantitative estimate of drug-likeness (QED) is 0.838. The van der Waals surface area contributed by atoms with Crippen LogP contribution in [0.15, 0.2) is 0 Å². The van der Waals surface area contributed by atoms with E-state index in [1.807, 2.05) is 11.8 Å². The van der Waals surface area contributed by atoms with Crippen molar-refractivity contribution < 1.29 is 4.79 Å². The summed E-state index contributed by atoms with van der Waals surface area (Å²) in [5, 5.41) is 0. The van der Waals surface area contributed by atoms with Gasteiger partial charge in [-0.25, -0.2) is 0 Å². The first-order valence-electron chi connectivity index (χ1n) is 7.22. The lowest BCUT2D eigenvalue weighted by molar-refractivity contribution is -0.131. The van der Waals surface area contributed by atoms with E-state index in [2.05, 4.69) is 27.7 Å². The normalized spacial score (nSPS) is 24.1. The smallest absolute Gasteiger partial charge is 0.222 e. The highest BCUT2D eigenvalue weighted by Crippen LogP contribution is 2.27. The Hall–Kier alpha value is -0.570. The molecule has 2 N–H and O–H groups in total. The van der Waals surface area contributed by atoms with Crippen molar-refractivity contribution >= 4 is 5.91 Å². The van der Waals surface area contributed by atoms with E-state index in [-0.39, 0.29) is 6.04 Å². The highest BCUT2D eigenvalue weighted by molar-refractivity contribution is 5.76. The number of carbonyl (C=O) groups excluding carboxylic acids is 1. The van der Waals surface area contributed by atoms with E-state index in [9.17, 15) is 4.79 Å².